The molecular formula is C27H10Br2F26. The van der Waals surface area contributed by atoms with Crippen LogP contribution in [0.4, 0.5) is 114 Å². The summed E-state index contributed by atoms with van der Waals surface area (Å²) in [5, 5.41) is 0. The van der Waals surface area contributed by atoms with Crippen LogP contribution in [0.5, 0.6) is 0 Å². The molecular weight excluding hydrogens is 978 g/mol. The Hall–Kier alpha value is -2.42. The fourth-order valence-electron chi connectivity index (χ4n) is 5.47. The maximum Gasteiger partial charge on any atom is 0.460 e. The largest absolute Gasteiger partial charge is 0.460 e. The van der Waals surface area contributed by atoms with Gasteiger partial charge in [0.2, 0.25) is 0 Å². The molecule has 0 amide bonds. The number of rotatable bonds is 12. The number of alkyl halides is 26. The molecule has 1 aliphatic carbocycles. The normalized spacial score (nSPS) is 17.0. The average Bonchev–Trinajstić information content (AvgIpc) is 3.21. The summed E-state index contributed by atoms with van der Waals surface area (Å²) in [4.78, 5) is 0. The number of fused-ring (bicyclic) bond motifs is 3. The van der Waals surface area contributed by atoms with Gasteiger partial charge in [0, 0.05) is 27.2 Å². The number of halogens is 28. The van der Waals surface area contributed by atoms with E-state index < -0.39 is 121 Å². The zero-order chi connectivity index (χ0) is 43.6. The minimum absolute atomic E-state index is 0.126. The second-order valence-electron chi connectivity index (χ2n) is 11.8. The van der Waals surface area contributed by atoms with Gasteiger partial charge in [-0.3, -0.25) is 0 Å². The number of hydrogen-bond donors (Lipinski definition) is 0. The van der Waals surface area contributed by atoms with Crippen molar-refractivity contribution < 1.29 is 114 Å². The van der Waals surface area contributed by atoms with Crippen LogP contribution in [0.25, 0.3) is 11.1 Å². The van der Waals surface area contributed by atoms with Gasteiger partial charge in [0.25, 0.3) is 0 Å². The Morgan fingerprint density at radius 3 is 0.818 bits per heavy atom. The molecule has 2 aromatic carbocycles. The summed E-state index contributed by atoms with van der Waals surface area (Å²) < 4.78 is 363. The molecule has 0 saturated carbocycles. The summed E-state index contributed by atoms with van der Waals surface area (Å²) in [5.41, 5.74) is -9.91. The molecule has 0 unspecified atom stereocenters. The lowest BCUT2D eigenvalue weighted by molar-refractivity contribution is -0.443. The first-order valence-corrected chi connectivity index (χ1v) is 15.0. The van der Waals surface area contributed by atoms with Gasteiger partial charge >= 0.3 is 71.6 Å². The third kappa shape index (κ3) is 6.33. The molecule has 0 heterocycles. The Bertz CT molecular complexity index is 1660. The molecule has 0 aliphatic heterocycles. The van der Waals surface area contributed by atoms with Crippen molar-refractivity contribution in [2.24, 2.45) is 0 Å². The fraction of sp³-hybridized carbons (Fsp3) is 0.556. The van der Waals surface area contributed by atoms with Gasteiger partial charge < -0.3 is 0 Å². The Labute approximate surface area is 303 Å². The summed E-state index contributed by atoms with van der Waals surface area (Å²) in [6.07, 6.45) is -23.8. The Balaban J connectivity index is 2.45. The van der Waals surface area contributed by atoms with Gasteiger partial charge in [-0.05, 0) is 46.5 Å². The molecule has 314 valence electrons. The van der Waals surface area contributed by atoms with E-state index in [1.54, 1.807) is 0 Å². The molecule has 0 radical (unpaired) electrons. The third-order valence-corrected chi connectivity index (χ3v) is 9.32. The van der Waals surface area contributed by atoms with Crippen molar-refractivity contribution in [1.29, 1.82) is 0 Å². The highest BCUT2D eigenvalue weighted by Crippen LogP contribution is 2.67. The van der Waals surface area contributed by atoms with E-state index in [-0.39, 0.29) is 12.1 Å². The molecule has 0 N–H and O–H groups in total. The van der Waals surface area contributed by atoms with Gasteiger partial charge in [-0.15, -0.1) is 0 Å². The quantitative estimate of drug-likeness (QED) is 0.186. The summed E-state index contributed by atoms with van der Waals surface area (Å²) in [7, 11) is 0. The molecule has 2 aromatic rings. The SMILES string of the molecule is FC(F)(F)C(F)(F)C(F)(F)C(F)(F)C(F)(F)C(F)(F)CC1(CC(F)(F)C(F)(F)C(F)(F)C(F)(F)C(F)(F)C(F)(F)F)c2cc(Br)ccc2-c2ccc(Br)cc21. The predicted molar refractivity (Wildman–Crippen MR) is 139 cm³/mol. The molecule has 0 spiro atoms. The van der Waals surface area contributed by atoms with Crippen LogP contribution < -0.4 is 0 Å². The van der Waals surface area contributed by atoms with Crippen LogP contribution in [0.15, 0.2) is 45.3 Å². The zero-order valence-corrected chi connectivity index (χ0v) is 28.1. The van der Waals surface area contributed by atoms with Crippen LogP contribution in [0.2, 0.25) is 0 Å². The molecule has 0 aromatic heterocycles. The molecule has 0 fully saturated rings. The summed E-state index contributed by atoms with van der Waals surface area (Å²) in [6.45, 7) is 0. The summed E-state index contributed by atoms with van der Waals surface area (Å²) >= 11 is 5.02. The Morgan fingerprint density at radius 2 is 0.582 bits per heavy atom. The standard InChI is InChI=1S/C27H10Br2F26/c28-9-1-3-11-12-4-2-10(29)6-14(12)15(13(11)5-9,7-16(30,31)18(34,35)20(38,39)22(42,43)24(46,47)26(50,51)52)8-17(32,33)19(36,37)21(40,41)23(44,45)25(48,49)27(53,54)55/h1-6H,7-8H2. The van der Waals surface area contributed by atoms with Crippen LogP contribution in [0.1, 0.15) is 24.0 Å². The van der Waals surface area contributed by atoms with E-state index in [1.165, 1.54) is 0 Å². The van der Waals surface area contributed by atoms with Crippen molar-refractivity contribution in [3.63, 3.8) is 0 Å². The molecule has 0 nitrogen and oxygen atoms in total. The maximum atomic E-state index is 15.5. The van der Waals surface area contributed by atoms with Crippen LogP contribution in [-0.2, 0) is 5.41 Å². The molecule has 28 heteroatoms. The van der Waals surface area contributed by atoms with Gasteiger partial charge in [0.1, 0.15) is 0 Å². The van der Waals surface area contributed by atoms with E-state index in [2.05, 4.69) is 31.9 Å². The first kappa shape index (κ1) is 47.0. The topological polar surface area (TPSA) is 0 Å². The van der Waals surface area contributed by atoms with E-state index in [9.17, 15) is 96.6 Å². The highest BCUT2D eigenvalue weighted by atomic mass is 79.9. The van der Waals surface area contributed by atoms with Crippen LogP contribution in [0.3, 0.4) is 0 Å². The fourth-order valence-corrected chi connectivity index (χ4v) is 6.19. The first-order valence-electron chi connectivity index (χ1n) is 13.4. The van der Waals surface area contributed by atoms with Gasteiger partial charge in [-0.2, -0.15) is 114 Å². The van der Waals surface area contributed by atoms with Crippen molar-refractivity contribution in [3.8, 4) is 11.1 Å². The minimum atomic E-state index is -8.65. The summed E-state index contributed by atoms with van der Waals surface area (Å²) in [6, 6.07) is 2.87. The van der Waals surface area contributed by atoms with Crippen LogP contribution in [-0.4, -0.2) is 71.6 Å². The monoisotopic (exact) mass is 986 g/mol. The van der Waals surface area contributed by atoms with Gasteiger partial charge in [-0.25, -0.2) is 0 Å². The third-order valence-electron chi connectivity index (χ3n) is 8.33. The Morgan fingerprint density at radius 1 is 0.345 bits per heavy atom. The lowest BCUT2D eigenvalue weighted by Crippen LogP contribution is -2.71. The zero-order valence-electron chi connectivity index (χ0n) is 25.0. The highest BCUT2D eigenvalue weighted by Gasteiger charge is 2.93. The lowest BCUT2D eigenvalue weighted by atomic mass is 9.67. The van der Waals surface area contributed by atoms with Crippen molar-refractivity contribution >= 4 is 31.9 Å². The second kappa shape index (κ2) is 12.8. The van der Waals surface area contributed by atoms with Gasteiger partial charge in [0.05, 0.1) is 0 Å². The molecule has 3 rings (SSSR count). The average molecular weight is 988 g/mol. The summed E-state index contributed by atoms with van der Waals surface area (Å²) in [5.74, 6) is -82.9. The minimum Gasteiger partial charge on any atom is -0.200 e. The Kier molecular flexibility index (Phi) is 10.9. The van der Waals surface area contributed by atoms with Crippen molar-refractivity contribution in [3.05, 3.63) is 56.5 Å². The van der Waals surface area contributed by atoms with Crippen LogP contribution >= 0.6 is 31.9 Å². The molecule has 1 aliphatic rings. The highest BCUT2D eigenvalue weighted by molar-refractivity contribution is 9.10. The first-order chi connectivity index (χ1) is 23.9. The van der Waals surface area contributed by atoms with Crippen molar-refractivity contribution in [1.82, 2.24) is 0 Å². The smallest absolute Gasteiger partial charge is 0.200 e. The number of hydrogen-bond acceptors (Lipinski definition) is 0. The molecule has 0 atom stereocenters. The van der Waals surface area contributed by atoms with Crippen LogP contribution in [0, 0.1) is 0 Å². The van der Waals surface area contributed by atoms with Gasteiger partial charge in [-0.1, -0.05) is 44.0 Å². The van der Waals surface area contributed by atoms with E-state index in [0.717, 1.165) is 12.1 Å². The van der Waals surface area contributed by atoms with Crippen molar-refractivity contribution in [2.75, 3.05) is 0 Å². The maximum absolute atomic E-state index is 15.5. The van der Waals surface area contributed by atoms with E-state index >= 15 is 17.6 Å². The predicted octanol–water partition coefficient (Wildman–Crippen LogP) is 13.7. The van der Waals surface area contributed by atoms with E-state index in [4.69, 9.17) is 0 Å². The van der Waals surface area contributed by atoms with E-state index in [0.29, 0.717) is 12.1 Å². The molecule has 0 bridgehead atoms. The van der Waals surface area contributed by atoms with E-state index in [1.807, 2.05) is 0 Å². The lowest BCUT2D eigenvalue weighted by Gasteiger charge is -2.45. The molecule has 55 heavy (non-hydrogen) atoms. The van der Waals surface area contributed by atoms with Crippen molar-refractivity contribution in [2.45, 2.75) is 89.8 Å². The molecule has 0 saturated heterocycles. The number of benzene rings is 2. The second-order valence-corrected chi connectivity index (χ2v) is 13.6. The van der Waals surface area contributed by atoms with Gasteiger partial charge in [0.15, 0.2) is 0 Å².